The Hall–Kier alpha value is -2.89. The van der Waals surface area contributed by atoms with Gasteiger partial charge in [0.05, 0.1) is 12.5 Å². The fourth-order valence-corrected chi connectivity index (χ4v) is 7.39. The molecule has 1 aromatic rings. The zero-order chi connectivity index (χ0) is 26.1. The lowest BCUT2D eigenvalue weighted by molar-refractivity contribution is -0.144. The standard InChI is InChI=1S/C31H38FNO4/c1-4-36-31(35)33-24-10-13-26-22(16-24)17-28-29(19(3)37-30(28)34)27(26)12-9-20-8-11-25(18(2)14-20)21-6-5-7-23(32)15-21/h5-9,11-12,15,18-19,22,24,26-29H,4,10,13-14,16-17H2,1-3H3,(H,33,35)/b12-9+/t18?,19-,22-,24+,26+,27+,28-,29+/m0/s1. The van der Waals surface area contributed by atoms with Gasteiger partial charge in [0.15, 0.2) is 0 Å². The molecule has 3 aliphatic carbocycles. The average molecular weight is 508 g/mol. The van der Waals surface area contributed by atoms with Crippen molar-refractivity contribution in [2.24, 2.45) is 35.5 Å². The molecule has 1 unspecified atom stereocenters. The molecule has 1 heterocycles. The molecule has 3 fully saturated rings. The predicted octanol–water partition coefficient (Wildman–Crippen LogP) is 6.46. The minimum atomic E-state index is -0.353. The Labute approximate surface area is 219 Å². The van der Waals surface area contributed by atoms with Crippen LogP contribution in [0.1, 0.15) is 58.4 Å². The molecule has 1 aromatic carbocycles. The highest BCUT2D eigenvalue weighted by Gasteiger charge is 2.54. The summed E-state index contributed by atoms with van der Waals surface area (Å²) in [5.74, 6) is 1.23. The molecule has 0 radical (unpaired) electrons. The van der Waals surface area contributed by atoms with E-state index in [4.69, 9.17) is 9.47 Å². The Morgan fingerprint density at radius 1 is 1.22 bits per heavy atom. The van der Waals surface area contributed by atoms with Crippen molar-refractivity contribution < 1.29 is 23.5 Å². The van der Waals surface area contributed by atoms with Crippen LogP contribution < -0.4 is 5.32 Å². The van der Waals surface area contributed by atoms with Crippen LogP contribution in [-0.2, 0) is 14.3 Å². The van der Waals surface area contributed by atoms with Crippen LogP contribution >= 0.6 is 0 Å². The number of cyclic esters (lactones) is 1. The van der Waals surface area contributed by atoms with Crippen LogP contribution in [0.3, 0.4) is 0 Å². The number of ether oxygens (including phenoxy) is 2. The van der Waals surface area contributed by atoms with Crippen molar-refractivity contribution in [3.05, 3.63) is 65.5 Å². The molecule has 1 aliphatic heterocycles. The van der Waals surface area contributed by atoms with Gasteiger partial charge < -0.3 is 14.8 Å². The maximum atomic E-state index is 13.8. The number of nitrogens with one attached hydrogen (secondary N) is 1. The van der Waals surface area contributed by atoms with E-state index < -0.39 is 0 Å². The molecule has 4 aliphatic rings. The monoisotopic (exact) mass is 507 g/mol. The summed E-state index contributed by atoms with van der Waals surface area (Å²) in [5, 5.41) is 3.02. The van der Waals surface area contributed by atoms with E-state index in [9.17, 15) is 14.0 Å². The third-order valence-corrected chi connectivity index (χ3v) is 8.99. The maximum absolute atomic E-state index is 13.8. The van der Waals surface area contributed by atoms with Crippen LogP contribution in [0.5, 0.6) is 0 Å². The van der Waals surface area contributed by atoms with Crippen LogP contribution in [0.2, 0.25) is 0 Å². The Morgan fingerprint density at radius 3 is 2.81 bits per heavy atom. The molecular weight excluding hydrogens is 469 g/mol. The predicted molar refractivity (Wildman–Crippen MR) is 141 cm³/mol. The van der Waals surface area contributed by atoms with Gasteiger partial charge in [-0.25, -0.2) is 9.18 Å². The summed E-state index contributed by atoms with van der Waals surface area (Å²) in [6.07, 6.45) is 13.0. The van der Waals surface area contributed by atoms with E-state index >= 15 is 0 Å². The van der Waals surface area contributed by atoms with Crippen molar-refractivity contribution in [3.8, 4) is 0 Å². The van der Waals surface area contributed by atoms with Crippen molar-refractivity contribution in [2.45, 2.75) is 65.0 Å². The van der Waals surface area contributed by atoms with Crippen molar-refractivity contribution >= 4 is 17.6 Å². The average Bonchev–Trinajstić information content (AvgIpc) is 3.14. The van der Waals surface area contributed by atoms with E-state index in [1.165, 1.54) is 11.6 Å². The number of rotatable bonds is 5. The van der Waals surface area contributed by atoms with Crippen molar-refractivity contribution in [3.63, 3.8) is 0 Å². The fourth-order valence-electron chi connectivity index (χ4n) is 7.39. The second kappa shape index (κ2) is 10.8. The zero-order valence-corrected chi connectivity index (χ0v) is 22.0. The third-order valence-electron chi connectivity index (χ3n) is 8.99. The zero-order valence-electron chi connectivity index (χ0n) is 22.0. The first kappa shape index (κ1) is 25.7. The molecule has 0 bridgehead atoms. The third kappa shape index (κ3) is 5.39. The van der Waals surface area contributed by atoms with E-state index in [1.54, 1.807) is 12.1 Å². The van der Waals surface area contributed by atoms with E-state index in [-0.39, 0.29) is 53.7 Å². The number of allylic oxidation sites excluding steroid dienone is 6. The summed E-state index contributed by atoms with van der Waals surface area (Å²) in [6.45, 7) is 6.39. The number of carbonyl (C=O) groups is 2. The number of amides is 1. The number of hydrogen-bond donors (Lipinski definition) is 1. The number of hydrogen-bond acceptors (Lipinski definition) is 4. The quantitative estimate of drug-likeness (QED) is 0.465. The van der Waals surface area contributed by atoms with Gasteiger partial charge in [-0.3, -0.25) is 4.79 Å². The first-order valence-electron chi connectivity index (χ1n) is 13.8. The summed E-state index contributed by atoms with van der Waals surface area (Å²) in [6, 6.07) is 6.89. The van der Waals surface area contributed by atoms with Crippen LogP contribution in [-0.4, -0.2) is 30.8 Å². The van der Waals surface area contributed by atoms with Gasteiger partial charge in [-0.1, -0.05) is 43.4 Å². The first-order valence-corrected chi connectivity index (χ1v) is 13.8. The smallest absolute Gasteiger partial charge is 0.407 e. The lowest BCUT2D eigenvalue weighted by Crippen LogP contribution is -2.48. The molecule has 5 nitrogen and oxygen atoms in total. The number of carbonyl (C=O) groups excluding carboxylic acids is 2. The first-order chi connectivity index (χ1) is 17.8. The minimum absolute atomic E-state index is 0.0667. The highest BCUT2D eigenvalue weighted by atomic mass is 19.1. The Kier molecular flexibility index (Phi) is 7.55. The number of alkyl carbamates (subject to hydrolysis) is 1. The molecule has 0 aromatic heterocycles. The largest absolute Gasteiger partial charge is 0.462 e. The molecule has 1 amide bonds. The van der Waals surface area contributed by atoms with Crippen LogP contribution in [0.15, 0.2) is 54.1 Å². The lowest BCUT2D eigenvalue weighted by Gasteiger charge is -2.47. The molecule has 1 N–H and O–H groups in total. The second-order valence-corrected chi connectivity index (χ2v) is 11.3. The minimum Gasteiger partial charge on any atom is -0.462 e. The van der Waals surface area contributed by atoms with E-state index in [1.807, 2.05) is 19.9 Å². The highest BCUT2D eigenvalue weighted by Crippen LogP contribution is 2.53. The SMILES string of the molecule is CCOC(=O)N[C@@H]1CC[C@@H]2[C@@H](C1)C[C@@H]1C(=O)O[C@@H](C)[C@@H]1[C@@H]2/C=C/C1=CC=C(c2cccc(F)c2)C(C)C1. The molecule has 37 heavy (non-hydrogen) atoms. The van der Waals surface area contributed by atoms with E-state index in [0.717, 1.165) is 43.2 Å². The number of benzene rings is 1. The van der Waals surface area contributed by atoms with Gasteiger partial charge in [-0.15, -0.1) is 0 Å². The maximum Gasteiger partial charge on any atom is 0.407 e. The van der Waals surface area contributed by atoms with Crippen molar-refractivity contribution in [1.82, 2.24) is 5.32 Å². The van der Waals surface area contributed by atoms with Crippen LogP contribution in [0.25, 0.3) is 5.57 Å². The van der Waals surface area contributed by atoms with Gasteiger partial charge >= 0.3 is 12.1 Å². The summed E-state index contributed by atoms with van der Waals surface area (Å²) in [4.78, 5) is 24.7. The van der Waals surface area contributed by atoms with Gasteiger partial charge in [-0.05, 0) is 98.5 Å². The topological polar surface area (TPSA) is 64.6 Å². The summed E-state index contributed by atoms with van der Waals surface area (Å²) < 4.78 is 24.6. The Balaban J connectivity index is 1.35. The fraction of sp³-hybridized carbons (Fsp3) is 0.548. The number of fused-ring (bicyclic) bond motifs is 2. The van der Waals surface area contributed by atoms with E-state index in [2.05, 4.69) is 36.5 Å². The second-order valence-electron chi connectivity index (χ2n) is 11.3. The molecule has 5 rings (SSSR count). The normalized spacial score (nSPS) is 35.2. The molecule has 2 saturated carbocycles. The molecule has 0 spiro atoms. The number of esters is 1. The molecule has 8 atom stereocenters. The van der Waals surface area contributed by atoms with Gasteiger partial charge in [0, 0.05) is 12.0 Å². The number of halogens is 1. The molecule has 1 saturated heterocycles. The van der Waals surface area contributed by atoms with Crippen molar-refractivity contribution in [1.29, 1.82) is 0 Å². The molecular formula is C31H38FNO4. The van der Waals surface area contributed by atoms with Crippen LogP contribution in [0.4, 0.5) is 9.18 Å². The van der Waals surface area contributed by atoms with Gasteiger partial charge in [0.25, 0.3) is 0 Å². The molecule has 6 heteroatoms. The van der Waals surface area contributed by atoms with Crippen molar-refractivity contribution in [2.75, 3.05) is 6.61 Å². The van der Waals surface area contributed by atoms with E-state index in [0.29, 0.717) is 18.4 Å². The van der Waals surface area contributed by atoms with Gasteiger partial charge in [0.2, 0.25) is 0 Å². The highest BCUT2D eigenvalue weighted by molar-refractivity contribution is 5.75. The van der Waals surface area contributed by atoms with Gasteiger partial charge in [-0.2, -0.15) is 0 Å². The summed E-state index contributed by atoms with van der Waals surface area (Å²) in [5.41, 5.74) is 3.35. The Bertz CT molecular complexity index is 1120. The lowest BCUT2D eigenvalue weighted by atomic mass is 9.57. The Morgan fingerprint density at radius 2 is 2.05 bits per heavy atom. The molecule has 198 valence electrons. The van der Waals surface area contributed by atoms with Crippen LogP contribution in [0, 0.1) is 41.3 Å². The summed E-state index contributed by atoms with van der Waals surface area (Å²) >= 11 is 0. The van der Waals surface area contributed by atoms with Gasteiger partial charge in [0.1, 0.15) is 11.9 Å². The summed E-state index contributed by atoms with van der Waals surface area (Å²) in [7, 11) is 0.